The summed E-state index contributed by atoms with van der Waals surface area (Å²) in [6, 6.07) is 7.77. The van der Waals surface area contributed by atoms with Crippen LogP contribution in [0.25, 0.3) is 0 Å². The van der Waals surface area contributed by atoms with Crippen LogP contribution < -0.4 is 5.32 Å². The number of carbonyl (C=O) groups is 1. The van der Waals surface area contributed by atoms with Gasteiger partial charge in [-0.2, -0.15) is 0 Å². The summed E-state index contributed by atoms with van der Waals surface area (Å²) in [5, 5.41) is 3.05. The molecule has 22 heavy (non-hydrogen) atoms. The van der Waals surface area contributed by atoms with Crippen molar-refractivity contribution in [3.05, 3.63) is 39.8 Å². The molecule has 3 heterocycles. The second kappa shape index (κ2) is 5.53. The second-order valence-electron chi connectivity index (χ2n) is 6.99. The quantitative estimate of drug-likeness (QED) is 0.649. The average Bonchev–Trinajstić information content (AvgIpc) is 2.48. The SMILES string of the molecule is BC(C(=O)Nc1ccc(Br)cc1)=C1C2CC3CC1CN(C3)C2. The number of nitrogens with one attached hydrogen (secondary N) is 1. The first-order valence-electron chi connectivity index (χ1n) is 8.10. The van der Waals surface area contributed by atoms with E-state index < -0.39 is 0 Å². The molecule has 5 rings (SSSR count). The highest BCUT2D eigenvalue weighted by atomic mass is 79.9. The van der Waals surface area contributed by atoms with Gasteiger partial charge in [-0.15, -0.1) is 0 Å². The van der Waals surface area contributed by atoms with E-state index in [4.69, 9.17) is 0 Å². The van der Waals surface area contributed by atoms with Crippen LogP contribution in [0.1, 0.15) is 12.8 Å². The lowest BCUT2D eigenvalue weighted by Crippen LogP contribution is -2.55. The predicted molar refractivity (Wildman–Crippen MR) is 94.5 cm³/mol. The van der Waals surface area contributed by atoms with Crippen LogP contribution in [0, 0.1) is 17.8 Å². The van der Waals surface area contributed by atoms with Gasteiger partial charge in [-0.05, 0) is 60.3 Å². The molecule has 2 atom stereocenters. The molecule has 3 nitrogen and oxygen atoms in total. The number of rotatable bonds is 2. The molecule has 2 unspecified atom stereocenters. The Labute approximate surface area is 140 Å². The van der Waals surface area contributed by atoms with Crippen molar-refractivity contribution < 1.29 is 4.79 Å². The number of amides is 1. The number of nitrogens with zero attached hydrogens (tertiary/aromatic N) is 1. The minimum atomic E-state index is 0.0693. The lowest BCUT2D eigenvalue weighted by atomic mass is 9.62. The summed E-state index contributed by atoms with van der Waals surface area (Å²) in [7, 11) is 2.01. The molecule has 0 spiro atoms. The molecule has 3 saturated heterocycles. The van der Waals surface area contributed by atoms with Crippen LogP contribution in [0.15, 0.2) is 39.8 Å². The molecule has 0 aromatic heterocycles. The standard InChI is InChI=1S/C17H20BBrN2O/c18-16(17(22)20-14-3-1-13(19)2-4-14)15-11-5-10-6-12(15)9-21(7-10)8-11/h1-4,10-12H,5-9,18H2,(H,20,22). The molecule has 4 bridgehead atoms. The molecule has 3 aliphatic heterocycles. The first-order chi connectivity index (χ1) is 10.6. The zero-order valence-corrected chi connectivity index (χ0v) is 14.4. The van der Waals surface area contributed by atoms with Gasteiger partial charge in [-0.25, -0.2) is 0 Å². The van der Waals surface area contributed by atoms with E-state index in [1.165, 1.54) is 25.0 Å². The highest BCUT2D eigenvalue weighted by Gasteiger charge is 2.45. The van der Waals surface area contributed by atoms with Gasteiger partial charge >= 0.3 is 0 Å². The fraction of sp³-hybridized carbons (Fsp3) is 0.471. The van der Waals surface area contributed by atoms with E-state index in [1.807, 2.05) is 32.1 Å². The Hall–Kier alpha value is -1.07. The van der Waals surface area contributed by atoms with Crippen molar-refractivity contribution in [2.75, 3.05) is 25.0 Å². The van der Waals surface area contributed by atoms with Gasteiger partial charge in [0.25, 0.3) is 0 Å². The lowest BCUT2D eigenvalue weighted by Gasteiger charge is -2.53. The molecule has 1 aromatic carbocycles. The minimum absolute atomic E-state index is 0.0693. The fourth-order valence-corrected chi connectivity index (χ4v) is 4.96. The van der Waals surface area contributed by atoms with Crippen molar-refractivity contribution in [3.63, 3.8) is 0 Å². The molecule has 5 heteroatoms. The van der Waals surface area contributed by atoms with E-state index in [9.17, 15) is 4.79 Å². The highest BCUT2D eigenvalue weighted by Crippen LogP contribution is 2.47. The summed E-state index contributed by atoms with van der Waals surface area (Å²) in [4.78, 5) is 15.2. The molecule has 1 N–H and O–H groups in total. The first kappa shape index (κ1) is 14.5. The van der Waals surface area contributed by atoms with Gasteiger partial charge in [-0.1, -0.05) is 21.5 Å². The number of piperidine rings is 3. The Bertz CT molecular complexity index is 611. The molecule has 1 amide bonds. The maximum absolute atomic E-state index is 12.6. The largest absolute Gasteiger partial charge is 0.323 e. The number of halogens is 1. The van der Waals surface area contributed by atoms with Crippen molar-refractivity contribution in [1.29, 1.82) is 0 Å². The normalized spacial score (nSPS) is 32.1. The number of carbonyl (C=O) groups excluding carboxylic acids is 1. The number of benzene rings is 1. The van der Waals surface area contributed by atoms with Crippen LogP contribution in [-0.2, 0) is 4.79 Å². The molecular weight excluding hydrogens is 339 g/mol. The topological polar surface area (TPSA) is 32.3 Å². The van der Waals surface area contributed by atoms with Gasteiger partial charge in [0.15, 0.2) is 0 Å². The summed E-state index contributed by atoms with van der Waals surface area (Å²) in [6.45, 7) is 3.60. The average molecular weight is 359 g/mol. The number of hydrogen-bond donors (Lipinski definition) is 1. The molecule has 0 radical (unpaired) electrons. The van der Waals surface area contributed by atoms with Crippen LogP contribution in [0.4, 0.5) is 5.69 Å². The molecule has 1 aromatic rings. The van der Waals surface area contributed by atoms with E-state index in [1.54, 1.807) is 0 Å². The highest BCUT2D eigenvalue weighted by molar-refractivity contribution is 9.10. The molecular formula is C17H20BBrN2O. The predicted octanol–water partition coefficient (Wildman–Crippen LogP) is 2.25. The van der Waals surface area contributed by atoms with Crippen molar-refractivity contribution in [2.45, 2.75) is 12.8 Å². The van der Waals surface area contributed by atoms with Gasteiger partial charge in [0.05, 0.1) is 0 Å². The van der Waals surface area contributed by atoms with Crippen LogP contribution in [0.5, 0.6) is 0 Å². The molecule has 4 aliphatic rings. The Kier molecular flexibility index (Phi) is 3.65. The Morgan fingerprint density at radius 1 is 1.14 bits per heavy atom. The summed E-state index contributed by atoms with van der Waals surface area (Å²) in [5.41, 5.74) is 3.26. The van der Waals surface area contributed by atoms with E-state index in [0.29, 0.717) is 11.8 Å². The zero-order valence-electron chi connectivity index (χ0n) is 12.8. The van der Waals surface area contributed by atoms with E-state index in [2.05, 4.69) is 26.1 Å². The molecule has 4 fully saturated rings. The smallest absolute Gasteiger partial charge is 0.241 e. The minimum Gasteiger partial charge on any atom is -0.323 e. The summed E-state index contributed by atoms with van der Waals surface area (Å²) < 4.78 is 1.02. The van der Waals surface area contributed by atoms with Crippen LogP contribution in [0.2, 0.25) is 0 Å². The number of hydrogen-bond acceptors (Lipinski definition) is 2. The zero-order chi connectivity index (χ0) is 15.3. The van der Waals surface area contributed by atoms with Crippen LogP contribution in [-0.4, -0.2) is 38.3 Å². The molecule has 1 aliphatic carbocycles. The summed E-state index contributed by atoms with van der Waals surface area (Å²) in [5.74, 6) is 2.16. The van der Waals surface area contributed by atoms with Gasteiger partial charge < -0.3 is 10.2 Å². The van der Waals surface area contributed by atoms with E-state index in [0.717, 1.165) is 34.6 Å². The van der Waals surface area contributed by atoms with Crippen LogP contribution in [0.3, 0.4) is 0 Å². The van der Waals surface area contributed by atoms with Crippen molar-refractivity contribution >= 4 is 35.4 Å². The maximum atomic E-state index is 12.6. The van der Waals surface area contributed by atoms with Gasteiger partial charge in [0, 0.05) is 29.8 Å². The van der Waals surface area contributed by atoms with Gasteiger partial charge in [0.2, 0.25) is 5.91 Å². The Balaban J connectivity index is 1.56. The first-order valence-corrected chi connectivity index (χ1v) is 8.89. The van der Waals surface area contributed by atoms with Crippen molar-refractivity contribution in [3.8, 4) is 0 Å². The third kappa shape index (κ3) is 2.54. The Morgan fingerprint density at radius 3 is 2.36 bits per heavy atom. The summed E-state index contributed by atoms with van der Waals surface area (Å²) >= 11 is 3.42. The van der Waals surface area contributed by atoms with E-state index >= 15 is 0 Å². The molecule has 1 saturated carbocycles. The van der Waals surface area contributed by atoms with Crippen molar-refractivity contribution in [2.24, 2.45) is 17.8 Å². The third-order valence-corrected chi connectivity index (χ3v) is 5.99. The number of anilines is 1. The van der Waals surface area contributed by atoms with Gasteiger partial charge in [-0.3, -0.25) is 4.79 Å². The second-order valence-corrected chi connectivity index (χ2v) is 7.91. The maximum Gasteiger partial charge on any atom is 0.241 e. The fourth-order valence-electron chi connectivity index (χ4n) is 4.70. The lowest BCUT2D eigenvalue weighted by molar-refractivity contribution is -0.112. The Morgan fingerprint density at radius 2 is 1.77 bits per heavy atom. The van der Waals surface area contributed by atoms with E-state index in [-0.39, 0.29) is 5.91 Å². The van der Waals surface area contributed by atoms with Crippen molar-refractivity contribution in [1.82, 2.24) is 4.90 Å². The third-order valence-electron chi connectivity index (χ3n) is 5.46. The monoisotopic (exact) mass is 358 g/mol. The van der Waals surface area contributed by atoms with Gasteiger partial charge in [0.1, 0.15) is 7.85 Å². The van der Waals surface area contributed by atoms with Crippen LogP contribution >= 0.6 is 15.9 Å². The summed E-state index contributed by atoms with van der Waals surface area (Å²) in [6.07, 6.45) is 2.57. The molecule has 114 valence electrons.